The van der Waals surface area contributed by atoms with Gasteiger partial charge in [0, 0.05) is 18.5 Å². The smallest absolute Gasteiger partial charge is 0.303 e. The van der Waals surface area contributed by atoms with Crippen molar-refractivity contribution in [2.75, 3.05) is 13.7 Å². The lowest BCUT2D eigenvalue weighted by Crippen LogP contribution is -2.26. The van der Waals surface area contributed by atoms with Crippen LogP contribution in [0, 0.1) is 0 Å². The van der Waals surface area contributed by atoms with Gasteiger partial charge in [-0.2, -0.15) is 0 Å². The molecule has 98 valence electrons. The molecule has 0 radical (unpaired) electrons. The summed E-state index contributed by atoms with van der Waals surface area (Å²) in [5, 5.41) is 11.1. The molecule has 0 fully saturated rings. The summed E-state index contributed by atoms with van der Waals surface area (Å²) in [6, 6.07) is 7.31. The minimum atomic E-state index is -0.853. The topological polar surface area (TPSA) is 75.6 Å². The standard InChI is InChI=1S/C13H17NO4/c1-18-11-6-3-2-5-10(11)9-12(15)14-8-4-7-13(16)17/h2-3,5-6H,4,7-9H2,1H3,(H,14,15)(H,16,17). The van der Waals surface area contributed by atoms with Crippen LogP contribution in [0.4, 0.5) is 0 Å². The van der Waals surface area contributed by atoms with Gasteiger partial charge in [-0.15, -0.1) is 0 Å². The number of hydrogen-bond acceptors (Lipinski definition) is 3. The Morgan fingerprint density at radius 1 is 1.33 bits per heavy atom. The third-order valence-electron chi connectivity index (χ3n) is 2.43. The maximum Gasteiger partial charge on any atom is 0.303 e. The van der Waals surface area contributed by atoms with Gasteiger partial charge in [-0.25, -0.2) is 0 Å². The van der Waals surface area contributed by atoms with Crippen LogP contribution >= 0.6 is 0 Å². The van der Waals surface area contributed by atoms with Crippen molar-refractivity contribution >= 4 is 11.9 Å². The van der Waals surface area contributed by atoms with Gasteiger partial charge >= 0.3 is 5.97 Å². The van der Waals surface area contributed by atoms with Crippen LogP contribution in [0.25, 0.3) is 0 Å². The second-order valence-corrected chi connectivity index (χ2v) is 3.84. The molecular weight excluding hydrogens is 234 g/mol. The zero-order valence-corrected chi connectivity index (χ0v) is 10.3. The molecule has 1 aromatic carbocycles. The Morgan fingerprint density at radius 2 is 2.06 bits per heavy atom. The first-order valence-corrected chi connectivity index (χ1v) is 5.74. The fraction of sp³-hybridized carbons (Fsp3) is 0.385. The van der Waals surface area contributed by atoms with Crippen LogP contribution in [-0.4, -0.2) is 30.6 Å². The van der Waals surface area contributed by atoms with Crippen LogP contribution in [0.1, 0.15) is 18.4 Å². The number of amides is 1. The first-order chi connectivity index (χ1) is 8.63. The molecular formula is C13H17NO4. The summed E-state index contributed by atoms with van der Waals surface area (Å²) in [7, 11) is 1.56. The predicted molar refractivity (Wildman–Crippen MR) is 66.6 cm³/mol. The molecule has 0 saturated carbocycles. The number of benzene rings is 1. The molecule has 5 nitrogen and oxygen atoms in total. The molecule has 0 unspecified atom stereocenters. The molecule has 0 spiro atoms. The van der Waals surface area contributed by atoms with E-state index in [0.29, 0.717) is 18.7 Å². The van der Waals surface area contributed by atoms with Crippen molar-refractivity contribution in [3.63, 3.8) is 0 Å². The summed E-state index contributed by atoms with van der Waals surface area (Å²) in [6.45, 7) is 0.375. The quantitative estimate of drug-likeness (QED) is 0.714. The van der Waals surface area contributed by atoms with E-state index in [1.165, 1.54) is 0 Å². The van der Waals surface area contributed by atoms with E-state index in [9.17, 15) is 9.59 Å². The van der Waals surface area contributed by atoms with Gasteiger partial charge in [-0.3, -0.25) is 9.59 Å². The van der Waals surface area contributed by atoms with Crippen molar-refractivity contribution in [1.82, 2.24) is 5.32 Å². The highest BCUT2D eigenvalue weighted by atomic mass is 16.5. The summed E-state index contributed by atoms with van der Waals surface area (Å²) in [5.74, 6) is -0.308. The minimum Gasteiger partial charge on any atom is -0.496 e. The van der Waals surface area contributed by atoms with E-state index in [2.05, 4.69) is 5.32 Å². The first-order valence-electron chi connectivity index (χ1n) is 5.74. The lowest BCUT2D eigenvalue weighted by Gasteiger charge is -2.08. The van der Waals surface area contributed by atoms with Crippen LogP contribution in [-0.2, 0) is 16.0 Å². The van der Waals surface area contributed by atoms with E-state index >= 15 is 0 Å². The molecule has 2 N–H and O–H groups in total. The fourth-order valence-electron chi connectivity index (χ4n) is 1.55. The van der Waals surface area contributed by atoms with E-state index in [0.717, 1.165) is 5.56 Å². The Balaban J connectivity index is 2.37. The van der Waals surface area contributed by atoms with E-state index in [-0.39, 0.29) is 18.7 Å². The molecule has 0 bridgehead atoms. The number of carboxylic acid groups (broad SMARTS) is 1. The third-order valence-corrected chi connectivity index (χ3v) is 2.43. The van der Waals surface area contributed by atoms with Crippen molar-refractivity contribution in [3.05, 3.63) is 29.8 Å². The number of ether oxygens (including phenoxy) is 1. The number of carbonyl (C=O) groups excluding carboxylic acids is 1. The summed E-state index contributed by atoms with van der Waals surface area (Å²) in [4.78, 5) is 21.9. The summed E-state index contributed by atoms with van der Waals surface area (Å²) < 4.78 is 5.15. The number of carboxylic acids is 1. The molecule has 1 aromatic rings. The predicted octanol–water partition coefficient (Wildman–Crippen LogP) is 1.22. The average molecular weight is 251 g/mol. The number of aliphatic carboxylic acids is 1. The molecule has 1 rings (SSSR count). The zero-order chi connectivity index (χ0) is 13.4. The zero-order valence-electron chi connectivity index (χ0n) is 10.3. The Labute approximate surface area is 106 Å². The maximum absolute atomic E-state index is 11.6. The van der Waals surface area contributed by atoms with E-state index < -0.39 is 5.97 Å². The van der Waals surface area contributed by atoms with Gasteiger partial charge in [-0.05, 0) is 12.5 Å². The molecule has 0 aliphatic rings. The van der Waals surface area contributed by atoms with Gasteiger partial charge < -0.3 is 15.2 Å². The average Bonchev–Trinajstić information content (AvgIpc) is 2.35. The molecule has 0 heterocycles. The molecule has 0 saturated heterocycles. The second kappa shape index (κ2) is 7.32. The number of rotatable bonds is 7. The van der Waals surface area contributed by atoms with Gasteiger partial charge in [0.05, 0.1) is 13.5 Å². The van der Waals surface area contributed by atoms with E-state index in [1.807, 2.05) is 18.2 Å². The van der Waals surface area contributed by atoms with Crippen LogP contribution < -0.4 is 10.1 Å². The summed E-state index contributed by atoms with van der Waals surface area (Å²) in [6.07, 6.45) is 0.735. The number of para-hydroxylation sites is 1. The Hall–Kier alpha value is -2.04. The van der Waals surface area contributed by atoms with E-state index in [1.54, 1.807) is 13.2 Å². The first kappa shape index (κ1) is 14.0. The highest BCUT2D eigenvalue weighted by Crippen LogP contribution is 2.17. The maximum atomic E-state index is 11.6. The highest BCUT2D eigenvalue weighted by Gasteiger charge is 2.07. The second-order valence-electron chi connectivity index (χ2n) is 3.84. The van der Waals surface area contributed by atoms with Crippen LogP contribution in [0.2, 0.25) is 0 Å². The minimum absolute atomic E-state index is 0.0644. The van der Waals surface area contributed by atoms with Crippen LogP contribution in [0.15, 0.2) is 24.3 Å². The third kappa shape index (κ3) is 4.86. The number of hydrogen-bond donors (Lipinski definition) is 2. The lowest BCUT2D eigenvalue weighted by atomic mass is 10.1. The molecule has 1 amide bonds. The van der Waals surface area contributed by atoms with Crippen molar-refractivity contribution in [3.8, 4) is 5.75 Å². The monoisotopic (exact) mass is 251 g/mol. The summed E-state index contributed by atoms with van der Waals surface area (Å²) >= 11 is 0. The number of carbonyl (C=O) groups is 2. The van der Waals surface area contributed by atoms with Gasteiger partial charge in [-0.1, -0.05) is 18.2 Å². The highest BCUT2D eigenvalue weighted by molar-refractivity contribution is 5.79. The molecule has 5 heteroatoms. The van der Waals surface area contributed by atoms with Gasteiger partial charge in [0.1, 0.15) is 5.75 Å². The Kier molecular flexibility index (Phi) is 5.70. The van der Waals surface area contributed by atoms with Crippen LogP contribution in [0.3, 0.4) is 0 Å². The normalized spacial score (nSPS) is 9.83. The Bertz CT molecular complexity index is 417. The van der Waals surface area contributed by atoms with Gasteiger partial charge in [0.15, 0.2) is 0 Å². The molecule has 0 aromatic heterocycles. The number of methoxy groups -OCH3 is 1. The van der Waals surface area contributed by atoms with Crippen LogP contribution in [0.5, 0.6) is 5.75 Å². The number of nitrogens with one attached hydrogen (secondary N) is 1. The van der Waals surface area contributed by atoms with E-state index in [4.69, 9.17) is 9.84 Å². The van der Waals surface area contributed by atoms with Crippen molar-refractivity contribution in [1.29, 1.82) is 0 Å². The molecule has 0 atom stereocenters. The molecule has 18 heavy (non-hydrogen) atoms. The Morgan fingerprint density at radius 3 is 2.72 bits per heavy atom. The van der Waals surface area contributed by atoms with Crippen molar-refractivity contribution in [2.45, 2.75) is 19.3 Å². The SMILES string of the molecule is COc1ccccc1CC(=O)NCCCC(=O)O. The molecule has 0 aliphatic carbocycles. The van der Waals surface area contributed by atoms with Crippen molar-refractivity contribution in [2.24, 2.45) is 0 Å². The largest absolute Gasteiger partial charge is 0.496 e. The lowest BCUT2D eigenvalue weighted by molar-refractivity contribution is -0.137. The van der Waals surface area contributed by atoms with Gasteiger partial charge in [0.25, 0.3) is 0 Å². The summed E-state index contributed by atoms with van der Waals surface area (Å²) in [5.41, 5.74) is 0.815. The fourth-order valence-corrected chi connectivity index (χ4v) is 1.55. The van der Waals surface area contributed by atoms with Gasteiger partial charge in [0.2, 0.25) is 5.91 Å². The molecule has 0 aliphatic heterocycles. The van der Waals surface area contributed by atoms with Crippen molar-refractivity contribution < 1.29 is 19.4 Å².